The van der Waals surface area contributed by atoms with Crippen LogP contribution in [0.25, 0.3) is 0 Å². The Morgan fingerprint density at radius 1 is 1.28 bits per heavy atom. The lowest BCUT2D eigenvalue weighted by molar-refractivity contribution is 0.0881. The molecule has 3 heteroatoms. The van der Waals surface area contributed by atoms with E-state index in [2.05, 4.69) is 0 Å². The average Bonchev–Trinajstić information content (AvgIpc) is 2.39. The zero-order chi connectivity index (χ0) is 13.1. The number of carbonyl (C=O) groups is 1. The Morgan fingerprint density at radius 3 is 2.56 bits per heavy atom. The molecule has 3 nitrogen and oxygen atoms in total. The standard InChI is InChI=1S/C15H21NO2/c1-10-3-8-14(18-2)13(9-10)15(17)11-4-6-12(16)7-5-11/h3,8-9,11-12H,4-7,16H2,1-2H3. The molecule has 1 aromatic rings. The number of hydrogen-bond acceptors (Lipinski definition) is 3. The normalized spacial score (nSPS) is 23.7. The first kappa shape index (κ1) is 13.1. The summed E-state index contributed by atoms with van der Waals surface area (Å²) in [6, 6.07) is 6.03. The van der Waals surface area contributed by atoms with Crippen molar-refractivity contribution in [3.63, 3.8) is 0 Å². The highest BCUT2D eigenvalue weighted by Crippen LogP contribution is 2.30. The summed E-state index contributed by atoms with van der Waals surface area (Å²) in [4.78, 5) is 12.5. The van der Waals surface area contributed by atoms with Gasteiger partial charge in [0.15, 0.2) is 5.78 Å². The maximum atomic E-state index is 12.5. The minimum atomic E-state index is 0.112. The third-order valence-electron chi connectivity index (χ3n) is 3.76. The number of rotatable bonds is 3. The molecule has 0 saturated heterocycles. The fraction of sp³-hybridized carbons (Fsp3) is 0.533. The van der Waals surface area contributed by atoms with Gasteiger partial charge in [-0.3, -0.25) is 4.79 Å². The molecule has 0 atom stereocenters. The quantitative estimate of drug-likeness (QED) is 0.835. The lowest BCUT2D eigenvalue weighted by Crippen LogP contribution is -2.30. The maximum Gasteiger partial charge on any atom is 0.169 e. The van der Waals surface area contributed by atoms with Crippen molar-refractivity contribution < 1.29 is 9.53 Å². The Hall–Kier alpha value is -1.35. The topological polar surface area (TPSA) is 52.3 Å². The van der Waals surface area contributed by atoms with E-state index in [9.17, 15) is 4.79 Å². The Labute approximate surface area is 108 Å². The minimum absolute atomic E-state index is 0.112. The van der Waals surface area contributed by atoms with Gasteiger partial charge in [-0.05, 0) is 44.7 Å². The van der Waals surface area contributed by atoms with E-state index >= 15 is 0 Å². The van der Waals surface area contributed by atoms with Gasteiger partial charge < -0.3 is 10.5 Å². The number of methoxy groups -OCH3 is 1. The molecule has 0 aromatic heterocycles. The predicted octanol–water partition coefficient (Wildman–Crippen LogP) is 2.70. The van der Waals surface area contributed by atoms with Crippen LogP contribution >= 0.6 is 0 Å². The summed E-state index contributed by atoms with van der Waals surface area (Å²) in [5.74, 6) is 1.00. The van der Waals surface area contributed by atoms with Crippen molar-refractivity contribution in [2.75, 3.05) is 7.11 Å². The van der Waals surface area contributed by atoms with Crippen LogP contribution < -0.4 is 10.5 Å². The van der Waals surface area contributed by atoms with Gasteiger partial charge in [-0.1, -0.05) is 11.6 Å². The van der Waals surface area contributed by atoms with E-state index in [1.807, 2.05) is 25.1 Å². The van der Waals surface area contributed by atoms with E-state index in [1.54, 1.807) is 7.11 Å². The molecule has 1 saturated carbocycles. The van der Waals surface area contributed by atoms with E-state index in [4.69, 9.17) is 10.5 Å². The highest BCUT2D eigenvalue weighted by Gasteiger charge is 2.27. The van der Waals surface area contributed by atoms with E-state index in [1.165, 1.54) is 0 Å². The number of benzene rings is 1. The van der Waals surface area contributed by atoms with Gasteiger partial charge in [0.05, 0.1) is 12.7 Å². The summed E-state index contributed by atoms with van der Waals surface area (Å²) in [7, 11) is 1.61. The van der Waals surface area contributed by atoms with Gasteiger partial charge in [0.2, 0.25) is 0 Å². The summed E-state index contributed by atoms with van der Waals surface area (Å²) in [6.07, 6.45) is 3.70. The van der Waals surface area contributed by atoms with Gasteiger partial charge >= 0.3 is 0 Å². The molecule has 0 radical (unpaired) electrons. The number of nitrogens with two attached hydrogens (primary N) is 1. The van der Waals surface area contributed by atoms with Crippen molar-refractivity contribution >= 4 is 5.78 Å². The molecule has 1 aliphatic rings. The SMILES string of the molecule is COc1ccc(C)cc1C(=O)C1CCC(N)CC1. The molecule has 2 N–H and O–H groups in total. The van der Waals surface area contributed by atoms with Crippen LogP contribution in [0.4, 0.5) is 0 Å². The minimum Gasteiger partial charge on any atom is -0.496 e. The second kappa shape index (κ2) is 5.53. The van der Waals surface area contributed by atoms with Crippen LogP contribution in [0.3, 0.4) is 0 Å². The first-order chi connectivity index (χ1) is 8.61. The summed E-state index contributed by atoms with van der Waals surface area (Å²) in [5, 5.41) is 0. The molecular weight excluding hydrogens is 226 g/mol. The largest absolute Gasteiger partial charge is 0.496 e. The van der Waals surface area contributed by atoms with Crippen LogP contribution in [0.15, 0.2) is 18.2 Å². The van der Waals surface area contributed by atoms with Gasteiger partial charge in [-0.15, -0.1) is 0 Å². The van der Waals surface area contributed by atoms with Gasteiger partial charge in [0.1, 0.15) is 5.75 Å². The number of aryl methyl sites for hydroxylation is 1. The molecule has 0 bridgehead atoms. The zero-order valence-electron chi connectivity index (χ0n) is 11.1. The second-order valence-corrected chi connectivity index (χ2v) is 5.18. The van der Waals surface area contributed by atoms with Crippen molar-refractivity contribution in [1.29, 1.82) is 0 Å². The zero-order valence-corrected chi connectivity index (χ0v) is 11.1. The molecular formula is C15H21NO2. The van der Waals surface area contributed by atoms with E-state index in [0.717, 1.165) is 36.8 Å². The third-order valence-corrected chi connectivity index (χ3v) is 3.76. The maximum absolute atomic E-state index is 12.5. The first-order valence-corrected chi connectivity index (χ1v) is 6.56. The van der Waals surface area contributed by atoms with Crippen molar-refractivity contribution in [2.45, 2.75) is 38.6 Å². The first-order valence-electron chi connectivity index (χ1n) is 6.56. The molecule has 1 aliphatic carbocycles. The van der Waals surface area contributed by atoms with Crippen LogP contribution in [0.1, 0.15) is 41.6 Å². The van der Waals surface area contributed by atoms with Crippen molar-refractivity contribution in [3.05, 3.63) is 29.3 Å². The summed E-state index contributed by atoms with van der Waals surface area (Å²) < 4.78 is 5.29. The molecule has 0 unspecified atom stereocenters. The van der Waals surface area contributed by atoms with Crippen LogP contribution in [0, 0.1) is 12.8 Å². The van der Waals surface area contributed by atoms with Gasteiger partial charge in [-0.25, -0.2) is 0 Å². The summed E-state index contributed by atoms with van der Waals surface area (Å²) >= 11 is 0. The molecule has 2 rings (SSSR count). The highest BCUT2D eigenvalue weighted by molar-refractivity contribution is 6.00. The van der Waals surface area contributed by atoms with Crippen LogP contribution in [0.2, 0.25) is 0 Å². The monoisotopic (exact) mass is 247 g/mol. The van der Waals surface area contributed by atoms with Crippen molar-refractivity contribution in [3.8, 4) is 5.75 Å². The van der Waals surface area contributed by atoms with Gasteiger partial charge in [0.25, 0.3) is 0 Å². The summed E-state index contributed by atoms with van der Waals surface area (Å²) in [5.41, 5.74) is 7.69. The Kier molecular flexibility index (Phi) is 4.02. The van der Waals surface area contributed by atoms with Gasteiger partial charge in [0, 0.05) is 12.0 Å². The van der Waals surface area contributed by atoms with Crippen LogP contribution in [-0.2, 0) is 0 Å². The van der Waals surface area contributed by atoms with E-state index in [-0.39, 0.29) is 17.7 Å². The molecule has 0 heterocycles. The molecule has 1 fully saturated rings. The van der Waals surface area contributed by atoms with Crippen LogP contribution in [0.5, 0.6) is 5.75 Å². The fourth-order valence-corrected chi connectivity index (χ4v) is 2.62. The second-order valence-electron chi connectivity index (χ2n) is 5.18. The number of carbonyl (C=O) groups excluding carboxylic acids is 1. The van der Waals surface area contributed by atoms with E-state index in [0.29, 0.717) is 5.75 Å². The third kappa shape index (κ3) is 2.72. The smallest absolute Gasteiger partial charge is 0.169 e. The highest BCUT2D eigenvalue weighted by atomic mass is 16.5. The lowest BCUT2D eigenvalue weighted by Gasteiger charge is -2.25. The fourth-order valence-electron chi connectivity index (χ4n) is 2.62. The summed E-state index contributed by atoms with van der Waals surface area (Å²) in [6.45, 7) is 1.99. The molecule has 18 heavy (non-hydrogen) atoms. The molecule has 0 spiro atoms. The molecule has 98 valence electrons. The van der Waals surface area contributed by atoms with E-state index < -0.39 is 0 Å². The number of hydrogen-bond donors (Lipinski definition) is 1. The van der Waals surface area contributed by atoms with Crippen LogP contribution in [-0.4, -0.2) is 18.9 Å². The van der Waals surface area contributed by atoms with Crippen molar-refractivity contribution in [2.24, 2.45) is 11.7 Å². The number of ether oxygens (including phenoxy) is 1. The molecule has 0 aliphatic heterocycles. The molecule has 1 aromatic carbocycles. The lowest BCUT2D eigenvalue weighted by atomic mass is 9.81. The number of Topliss-reactive ketones (excluding diaryl/α,β-unsaturated/α-hetero) is 1. The Morgan fingerprint density at radius 2 is 1.94 bits per heavy atom. The van der Waals surface area contributed by atoms with Crippen molar-refractivity contribution in [1.82, 2.24) is 0 Å². The van der Waals surface area contributed by atoms with Gasteiger partial charge in [-0.2, -0.15) is 0 Å². The average molecular weight is 247 g/mol. The Balaban J connectivity index is 2.20. The Bertz CT molecular complexity index is 434. The molecule has 0 amide bonds. The predicted molar refractivity (Wildman–Crippen MR) is 72.0 cm³/mol. The number of ketones is 1.